The first-order valence-corrected chi connectivity index (χ1v) is 8.75. The Labute approximate surface area is 136 Å². The maximum absolute atomic E-state index is 6.83. The lowest BCUT2D eigenvalue weighted by Crippen LogP contribution is -2.31. The monoisotopic (exact) mass is 358 g/mol. The first kappa shape index (κ1) is 16.2. The SMILES string of the molecule is CCOc1ccc(C(Cl)C2CCCCC2(C)C)c(Br)c1. The molecule has 1 aliphatic rings. The summed E-state index contributed by atoms with van der Waals surface area (Å²) >= 11 is 10.5. The molecular weight excluding hydrogens is 336 g/mol. The number of ether oxygens (including phenoxy) is 1. The van der Waals surface area contributed by atoms with E-state index in [4.69, 9.17) is 16.3 Å². The van der Waals surface area contributed by atoms with Crippen LogP contribution in [-0.4, -0.2) is 6.61 Å². The van der Waals surface area contributed by atoms with Gasteiger partial charge in [-0.1, -0.05) is 48.7 Å². The van der Waals surface area contributed by atoms with Crippen LogP contribution in [0.3, 0.4) is 0 Å². The van der Waals surface area contributed by atoms with Gasteiger partial charge in [0.1, 0.15) is 5.75 Å². The Bertz CT molecular complexity index is 458. The van der Waals surface area contributed by atoms with E-state index in [1.165, 1.54) is 31.2 Å². The number of hydrogen-bond donors (Lipinski definition) is 0. The zero-order chi connectivity index (χ0) is 14.8. The van der Waals surface area contributed by atoms with E-state index in [0.717, 1.165) is 10.2 Å². The van der Waals surface area contributed by atoms with Crippen LogP contribution in [0.5, 0.6) is 5.75 Å². The van der Waals surface area contributed by atoms with Gasteiger partial charge in [-0.15, -0.1) is 11.6 Å². The van der Waals surface area contributed by atoms with Crippen LogP contribution >= 0.6 is 27.5 Å². The first-order valence-electron chi connectivity index (χ1n) is 7.52. The summed E-state index contributed by atoms with van der Waals surface area (Å²) in [6.45, 7) is 7.39. The fourth-order valence-electron chi connectivity index (χ4n) is 3.27. The van der Waals surface area contributed by atoms with Gasteiger partial charge in [0, 0.05) is 4.47 Å². The molecule has 2 rings (SSSR count). The quantitative estimate of drug-likeness (QED) is 0.569. The normalized spacial score (nSPS) is 23.4. The number of halogens is 2. The van der Waals surface area contributed by atoms with E-state index in [9.17, 15) is 0 Å². The number of benzene rings is 1. The molecule has 0 aliphatic heterocycles. The summed E-state index contributed by atoms with van der Waals surface area (Å²) in [5.41, 5.74) is 1.51. The molecule has 1 aromatic carbocycles. The first-order chi connectivity index (χ1) is 9.45. The van der Waals surface area contributed by atoms with Gasteiger partial charge in [-0.25, -0.2) is 0 Å². The molecule has 0 amide bonds. The van der Waals surface area contributed by atoms with Crippen molar-refractivity contribution in [1.29, 1.82) is 0 Å². The molecule has 20 heavy (non-hydrogen) atoms. The maximum Gasteiger partial charge on any atom is 0.120 e. The molecule has 0 radical (unpaired) electrons. The van der Waals surface area contributed by atoms with Gasteiger partial charge in [-0.2, -0.15) is 0 Å². The lowest BCUT2D eigenvalue weighted by Gasteiger charge is -2.41. The summed E-state index contributed by atoms with van der Waals surface area (Å²) in [5, 5.41) is 0.0651. The van der Waals surface area contributed by atoms with Crippen LogP contribution in [0.15, 0.2) is 22.7 Å². The minimum atomic E-state index is 0.0651. The average Bonchev–Trinajstić information content (AvgIpc) is 2.38. The van der Waals surface area contributed by atoms with Crippen molar-refractivity contribution in [3.63, 3.8) is 0 Å². The summed E-state index contributed by atoms with van der Waals surface area (Å²) in [6.07, 6.45) is 5.12. The van der Waals surface area contributed by atoms with Gasteiger partial charge in [0.25, 0.3) is 0 Å². The van der Waals surface area contributed by atoms with E-state index >= 15 is 0 Å². The predicted molar refractivity (Wildman–Crippen MR) is 89.6 cm³/mol. The van der Waals surface area contributed by atoms with E-state index in [1.54, 1.807) is 0 Å². The molecule has 1 saturated carbocycles. The van der Waals surface area contributed by atoms with Crippen LogP contribution in [0.2, 0.25) is 0 Å². The van der Waals surface area contributed by atoms with Crippen LogP contribution < -0.4 is 4.74 Å². The molecule has 1 aromatic rings. The molecule has 0 aromatic heterocycles. The molecule has 0 N–H and O–H groups in total. The van der Waals surface area contributed by atoms with Gasteiger partial charge in [0.15, 0.2) is 0 Å². The molecule has 3 heteroatoms. The Kier molecular flexibility index (Phi) is 5.42. The summed E-state index contributed by atoms with van der Waals surface area (Å²) in [6, 6.07) is 6.16. The molecule has 0 saturated heterocycles. The highest BCUT2D eigenvalue weighted by atomic mass is 79.9. The van der Waals surface area contributed by atoms with Gasteiger partial charge >= 0.3 is 0 Å². The number of alkyl halides is 1. The minimum Gasteiger partial charge on any atom is -0.494 e. The van der Waals surface area contributed by atoms with Crippen molar-refractivity contribution in [2.75, 3.05) is 6.61 Å². The second kappa shape index (κ2) is 6.70. The lowest BCUT2D eigenvalue weighted by atomic mass is 9.66. The Hall–Kier alpha value is -0.210. The van der Waals surface area contributed by atoms with E-state index in [2.05, 4.69) is 35.8 Å². The molecule has 2 atom stereocenters. The van der Waals surface area contributed by atoms with Crippen molar-refractivity contribution in [3.05, 3.63) is 28.2 Å². The van der Waals surface area contributed by atoms with Crippen LogP contribution in [0.1, 0.15) is 57.4 Å². The van der Waals surface area contributed by atoms with Gasteiger partial charge in [-0.05, 0) is 48.8 Å². The molecule has 0 bridgehead atoms. The average molecular weight is 360 g/mol. The molecule has 1 aliphatic carbocycles. The Morgan fingerprint density at radius 1 is 1.40 bits per heavy atom. The summed E-state index contributed by atoms with van der Waals surface area (Å²) in [5.74, 6) is 1.43. The smallest absolute Gasteiger partial charge is 0.120 e. The fraction of sp³-hybridized carbons (Fsp3) is 0.647. The van der Waals surface area contributed by atoms with E-state index in [0.29, 0.717) is 17.9 Å². The zero-order valence-electron chi connectivity index (χ0n) is 12.6. The largest absolute Gasteiger partial charge is 0.494 e. The third-order valence-electron chi connectivity index (χ3n) is 4.52. The van der Waals surface area contributed by atoms with Crippen molar-refractivity contribution in [1.82, 2.24) is 0 Å². The molecule has 2 unspecified atom stereocenters. The third kappa shape index (κ3) is 3.51. The third-order valence-corrected chi connectivity index (χ3v) is 5.75. The van der Waals surface area contributed by atoms with E-state index in [-0.39, 0.29) is 5.38 Å². The standard InChI is InChI=1S/C17H24BrClO/c1-4-20-12-8-9-13(15(18)11-12)16(19)14-7-5-6-10-17(14,2)3/h8-9,11,14,16H,4-7,10H2,1-3H3. The molecule has 0 heterocycles. The van der Waals surface area contributed by atoms with Crippen LogP contribution in [0, 0.1) is 11.3 Å². The minimum absolute atomic E-state index is 0.0651. The Balaban J connectivity index is 2.22. The van der Waals surface area contributed by atoms with E-state index in [1.807, 2.05) is 19.1 Å². The van der Waals surface area contributed by atoms with E-state index < -0.39 is 0 Å². The van der Waals surface area contributed by atoms with Crippen molar-refractivity contribution < 1.29 is 4.74 Å². The molecule has 1 nitrogen and oxygen atoms in total. The summed E-state index contributed by atoms with van der Waals surface area (Å²) in [7, 11) is 0. The van der Waals surface area contributed by atoms with Crippen LogP contribution in [0.25, 0.3) is 0 Å². The van der Waals surface area contributed by atoms with Crippen LogP contribution in [-0.2, 0) is 0 Å². The second-order valence-electron chi connectivity index (χ2n) is 6.36. The fourth-order valence-corrected chi connectivity index (χ4v) is 4.66. The van der Waals surface area contributed by atoms with Gasteiger partial charge in [-0.3, -0.25) is 0 Å². The Morgan fingerprint density at radius 2 is 2.15 bits per heavy atom. The maximum atomic E-state index is 6.83. The summed E-state index contributed by atoms with van der Waals surface area (Å²) in [4.78, 5) is 0. The molecule has 1 fully saturated rings. The highest BCUT2D eigenvalue weighted by Crippen LogP contribution is 2.50. The van der Waals surface area contributed by atoms with Crippen LogP contribution in [0.4, 0.5) is 0 Å². The summed E-state index contributed by atoms with van der Waals surface area (Å²) < 4.78 is 6.59. The highest BCUT2D eigenvalue weighted by molar-refractivity contribution is 9.10. The highest BCUT2D eigenvalue weighted by Gasteiger charge is 2.37. The second-order valence-corrected chi connectivity index (χ2v) is 7.68. The lowest BCUT2D eigenvalue weighted by molar-refractivity contribution is 0.133. The van der Waals surface area contributed by atoms with Crippen molar-refractivity contribution in [2.24, 2.45) is 11.3 Å². The zero-order valence-corrected chi connectivity index (χ0v) is 14.9. The van der Waals surface area contributed by atoms with Crippen molar-refractivity contribution >= 4 is 27.5 Å². The van der Waals surface area contributed by atoms with Crippen molar-refractivity contribution in [3.8, 4) is 5.75 Å². The topological polar surface area (TPSA) is 9.23 Å². The number of hydrogen-bond acceptors (Lipinski definition) is 1. The number of rotatable bonds is 4. The van der Waals surface area contributed by atoms with Gasteiger partial charge in [0.2, 0.25) is 0 Å². The Morgan fingerprint density at radius 3 is 2.75 bits per heavy atom. The molecule has 0 spiro atoms. The predicted octanol–water partition coefficient (Wildman–Crippen LogP) is 6.34. The van der Waals surface area contributed by atoms with Gasteiger partial charge in [0.05, 0.1) is 12.0 Å². The van der Waals surface area contributed by atoms with Gasteiger partial charge < -0.3 is 4.74 Å². The molecular formula is C17H24BrClO. The van der Waals surface area contributed by atoms with Crippen molar-refractivity contribution in [2.45, 2.75) is 51.8 Å². The molecule has 112 valence electrons.